The van der Waals surface area contributed by atoms with Crippen molar-refractivity contribution in [1.82, 2.24) is 14.4 Å². The number of nitrogens with zero attached hydrogens (tertiary/aromatic N) is 3. The molecule has 0 spiro atoms. The largest absolute Gasteiger partial charge is 0.465 e. The Hall–Kier alpha value is -2.56. The summed E-state index contributed by atoms with van der Waals surface area (Å²) in [7, 11) is -0.862. The van der Waals surface area contributed by atoms with Gasteiger partial charge in [-0.05, 0) is 29.1 Å². The van der Waals surface area contributed by atoms with Crippen LogP contribution in [0.3, 0.4) is 0 Å². The summed E-state index contributed by atoms with van der Waals surface area (Å²) in [4.78, 5) is 16.5. The molecule has 0 aliphatic rings. The van der Waals surface area contributed by atoms with E-state index in [1.54, 1.807) is 12.1 Å². The van der Waals surface area contributed by atoms with E-state index in [0.717, 1.165) is 9.18 Å². The van der Waals surface area contributed by atoms with Gasteiger partial charge in [-0.25, -0.2) is 13.2 Å². The van der Waals surface area contributed by atoms with E-state index in [2.05, 4.69) is 14.9 Å². The lowest BCUT2D eigenvalue weighted by Gasteiger charge is -2.15. The van der Waals surface area contributed by atoms with Crippen molar-refractivity contribution in [3.63, 3.8) is 0 Å². The number of methoxy groups -OCH3 is 1. The van der Waals surface area contributed by atoms with Crippen molar-refractivity contribution in [1.29, 1.82) is 0 Å². The van der Waals surface area contributed by atoms with Crippen molar-refractivity contribution < 1.29 is 22.5 Å². The number of benzene rings is 1. The highest BCUT2D eigenvalue weighted by atomic mass is 32.2. The van der Waals surface area contributed by atoms with E-state index in [9.17, 15) is 13.2 Å². The van der Waals surface area contributed by atoms with E-state index < -0.39 is 16.0 Å². The fourth-order valence-corrected chi connectivity index (χ4v) is 4.08. The van der Waals surface area contributed by atoms with Crippen LogP contribution in [0.15, 0.2) is 46.3 Å². The molecule has 8 nitrogen and oxygen atoms in total. The Balaban J connectivity index is 1.66. The average Bonchev–Trinajstić information content (AvgIpc) is 3.33. The third kappa shape index (κ3) is 4.59. The van der Waals surface area contributed by atoms with Gasteiger partial charge in [0.05, 0.1) is 29.8 Å². The molecule has 0 radical (unpaired) electrons. The highest BCUT2D eigenvalue weighted by molar-refractivity contribution is 7.88. The number of ether oxygens (including phenoxy) is 1. The van der Waals surface area contributed by atoms with Crippen molar-refractivity contribution in [2.75, 3.05) is 14.2 Å². The summed E-state index contributed by atoms with van der Waals surface area (Å²) in [6, 6.07) is 9.96. The predicted molar refractivity (Wildman–Crippen MR) is 99.5 cm³/mol. The first kappa shape index (κ1) is 19.2. The fourth-order valence-electron chi connectivity index (χ4n) is 2.29. The Bertz CT molecular complexity index is 1010. The lowest BCUT2D eigenvalue weighted by Crippen LogP contribution is -2.27. The lowest BCUT2D eigenvalue weighted by atomic mass is 10.1. The second-order valence-electron chi connectivity index (χ2n) is 5.69. The first-order valence-corrected chi connectivity index (χ1v) is 10.4. The van der Waals surface area contributed by atoms with Crippen LogP contribution < -0.4 is 0 Å². The van der Waals surface area contributed by atoms with Crippen LogP contribution >= 0.6 is 11.3 Å². The van der Waals surface area contributed by atoms with Gasteiger partial charge in [0.1, 0.15) is 0 Å². The van der Waals surface area contributed by atoms with Gasteiger partial charge in [0.25, 0.3) is 0 Å². The minimum atomic E-state index is -3.60. The van der Waals surface area contributed by atoms with Gasteiger partial charge in [0, 0.05) is 7.05 Å². The molecular weight excluding hydrogens is 390 g/mol. The quantitative estimate of drug-likeness (QED) is 0.555. The number of thiophene rings is 1. The Morgan fingerprint density at radius 1 is 1.26 bits per heavy atom. The summed E-state index contributed by atoms with van der Waals surface area (Å²) < 4.78 is 36.1. The minimum absolute atomic E-state index is 0.0268. The molecule has 0 fully saturated rings. The Morgan fingerprint density at radius 3 is 2.63 bits per heavy atom. The summed E-state index contributed by atoms with van der Waals surface area (Å²) in [5.74, 6) is -0.0363. The maximum Gasteiger partial charge on any atom is 0.337 e. The van der Waals surface area contributed by atoms with Gasteiger partial charge in [0.2, 0.25) is 21.7 Å². The zero-order valence-electron chi connectivity index (χ0n) is 14.7. The number of rotatable bonds is 7. The van der Waals surface area contributed by atoms with E-state index in [4.69, 9.17) is 4.52 Å². The van der Waals surface area contributed by atoms with E-state index in [-0.39, 0.29) is 18.2 Å². The number of carbonyl (C=O) groups excluding carboxylic acids is 1. The van der Waals surface area contributed by atoms with Gasteiger partial charge in [0.15, 0.2) is 0 Å². The lowest BCUT2D eigenvalue weighted by molar-refractivity contribution is 0.0600. The second kappa shape index (κ2) is 7.99. The van der Waals surface area contributed by atoms with Crippen LogP contribution in [0.25, 0.3) is 10.7 Å². The van der Waals surface area contributed by atoms with Crippen molar-refractivity contribution in [3.8, 4) is 10.7 Å². The molecule has 27 heavy (non-hydrogen) atoms. The van der Waals surface area contributed by atoms with Crippen LogP contribution in [0.5, 0.6) is 0 Å². The molecule has 2 aromatic heterocycles. The fraction of sp³-hybridized carbons (Fsp3) is 0.235. The molecule has 0 bridgehead atoms. The molecule has 0 unspecified atom stereocenters. The molecule has 1 aromatic carbocycles. The van der Waals surface area contributed by atoms with Crippen LogP contribution in [0.2, 0.25) is 0 Å². The van der Waals surface area contributed by atoms with E-state index >= 15 is 0 Å². The number of carbonyl (C=O) groups is 1. The first-order chi connectivity index (χ1) is 12.9. The molecule has 142 valence electrons. The zero-order chi connectivity index (χ0) is 19.4. The first-order valence-electron chi connectivity index (χ1n) is 7.87. The van der Waals surface area contributed by atoms with Gasteiger partial charge in [-0.15, -0.1) is 11.3 Å². The van der Waals surface area contributed by atoms with Crippen LogP contribution in [0.4, 0.5) is 0 Å². The number of sulfonamides is 1. The summed E-state index contributed by atoms with van der Waals surface area (Å²) in [5.41, 5.74) is 0.915. The number of esters is 1. The van der Waals surface area contributed by atoms with Crippen molar-refractivity contribution in [2.45, 2.75) is 12.3 Å². The van der Waals surface area contributed by atoms with Crippen LogP contribution in [-0.4, -0.2) is 43.0 Å². The maximum absolute atomic E-state index is 12.6. The van der Waals surface area contributed by atoms with Gasteiger partial charge in [-0.1, -0.05) is 23.4 Å². The summed E-state index contributed by atoms with van der Waals surface area (Å²) in [5, 5.41) is 5.77. The molecule has 10 heteroatoms. The van der Waals surface area contributed by atoms with E-state index in [1.165, 1.54) is 37.6 Å². The second-order valence-corrected chi connectivity index (χ2v) is 8.71. The highest BCUT2D eigenvalue weighted by Gasteiger charge is 2.22. The van der Waals surface area contributed by atoms with Crippen molar-refractivity contribution >= 4 is 27.3 Å². The van der Waals surface area contributed by atoms with Gasteiger partial charge >= 0.3 is 5.97 Å². The molecule has 2 heterocycles. The third-order valence-electron chi connectivity index (χ3n) is 3.77. The SMILES string of the molecule is COC(=O)c1ccc(CS(=O)(=O)N(C)Cc2nc(-c3cccs3)no2)cc1. The molecule has 0 saturated heterocycles. The Kier molecular flexibility index (Phi) is 5.68. The topological polar surface area (TPSA) is 103 Å². The van der Waals surface area contributed by atoms with Gasteiger partial charge in [-0.3, -0.25) is 0 Å². The standard InChI is InChI=1S/C17H17N3O5S2/c1-20(10-15-18-16(19-25-15)14-4-3-9-26-14)27(22,23)11-12-5-7-13(8-6-12)17(21)24-2/h3-9H,10-11H2,1-2H3. The van der Waals surface area contributed by atoms with Crippen LogP contribution in [0.1, 0.15) is 21.8 Å². The number of aromatic nitrogens is 2. The number of hydrogen-bond acceptors (Lipinski definition) is 8. The van der Waals surface area contributed by atoms with Gasteiger partial charge < -0.3 is 9.26 Å². The summed E-state index contributed by atoms with van der Waals surface area (Å²) in [6.07, 6.45) is 0. The smallest absolute Gasteiger partial charge is 0.337 e. The maximum atomic E-state index is 12.6. The summed E-state index contributed by atoms with van der Waals surface area (Å²) in [6.45, 7) is -0.0268. The molecule has 0 aliphatic heterocycles. The molecule has 0 atom stereocenters. The highest BCUT2D eigenvalue weighted by Crippen LogP contribution is 2.22. The van der Waals surface area contributed by atoms with Gasteiger partial charge in [-0.2, -0.15) is 9.29 Å². The molecule has 0 saturated carbocycles. The number of hydrogen-bond donors (Lipinski definition) is 0. The minimum Gasteiger partial charge on any atom is -0.465 e. The molecule has 0 aliphatic carbocycles. The van der Waals surface area contributed by atoms with Crippen LogP contribution in [-0.2, 0) is 27.1 Å². The normalized spacial score (nSPS) is 11.7. The Labute approximate surface area is 160 Å². The van der Waals surface area contributed by atoms with Crippen molar-refractivity contribution in [2.24, 2.45) is 0 Å². The molecule has 0 N–H and O–H groups in total. The molecule has 0 amide bonds. The zero-order valence-corrected chi connectivity index (χ0v) is 16.3. The molecular formula is C17H17N3O5S2. The van der Waals surface area contributed by atoms with Crippen molar-refractivity contribution in [3.05, 3.63) is 58.8 Å². The third-order valence-corrected chi connectivity index (χ3v) is 6.41. The average molecular weight is 407 g/mol. The molecule has 3 aromatic rings. The Morgan fingerprint density at radius 2 is 2.00 bits per heavy atom. The summed E-state index contributed by atoms with van der Waals surface area (Å²) >= 11 is 1.47. The van der Waals surface area contributed by atoms with E-state index in [1.807, 2.05) is 17.5 Å². The van der Waals surface area contributed by atoms with E-state index in [0.29, 0.717) is 17.0 Å². The molecule has 3 rings (SSSR count). The van der Waals surface area contributed by atoms with Crippen LogP contribution in [0, 0.1) is 0 Å². The monoisotopic (exact) mass is 407 g/mol. The predicted octanol–water partition coefficient (Wildman–Crippen LogP) is 2.55.